The Bertz CT molecular complexity index is 1010. The summed E-state index contributed by atoms with van der Waals surface area (Å²) in [5, 5.41) is 5.45. The van der Waals surface area contributed by atoms with Crippen molar-refractivity contribution in [3.8, 4) is 11.5 Å². The van der Waals surface area contributed by atoms with Gasteiger partial charge in [-0.05, 0) is 61.4 Å². The molecule has 0 spiro atoms. The largest absolute Gasteiger partial charge is 0.428 e. The van der Waals surface area contributed by atoms with E-state index in [0.29, 0.717) is 13.1 Å². The lowest BCUT2D eigenvalue weighted by Gasteiger charge is -2.08. The Labute approximate surface area is 208 Å². The molecule has 2 aromatic carbocycles. The van der Waals surface area contributed by atoms with E-state index in [1.165, 1.54) is 48.5 Å². The molecule has 0 heterocycles. The number of rotatable bonds is 14. The van der Waals surface area contributed by atoms with Crippen molar-refractivity contribution in [3.05, 3.63) is 83.8 Å². The number of ether oxygens (including phenoxy) is 2. The number of carbonyl (C=O) groups is 2. The van der Waals surface area contributed by atoms with Gasteiger partial charge in [0, 0.05) is 24.2 Å². The smallest absolute Gasteiger partial charge is 0.344 e. The third-order valence-electron chi connectivity index (χ3n) is 4.87. The molecule has 0 radical (unpaired) electrons. The van der Waals surface area contributed by atoms with E-state index in [1.54, 1.807) is 0 Å². The van der Waals surface area contributed by atoms with Crippen LogP contribution in [0.25, 0.3) is 0 Å². The topological polar surface area (TPSA) is 76.7 Å². The predicted octanol–water partition coefficient (Wildman–Crippen LogP) is 6.62. The Kier molecular flexibility index (Phi) is 12.0. The van der Waals surface area contributed by atoms with E-state index in [0.717, 1.165) is 32.1 Å². The zero-order valence-electron chi connectivity index (χ0n) is 19.5. The summed E-state index contributed by atoms with van der Waals surface area (Å²) in [5.41, 5.74) is 0.543. The molecule has 0 aliphatic rings. The van der Waals surface area contributed by atoms with Gasteiger partial charge in [0.1, 0.15) is 11.5 Å². The molecular formula is C25H24F6N2O4. The van der Waals surface area contributed by atoms with Gasteiger partial charge < -0.3 is 20.1 Å². The molecule has 12 heteroatoms. The van der Waals surface area contributed by atoms with Crippen LogP contribution >= 0.6 is 0 Å². The Morgan fingerprint density at radius 1 is 0.541 bits per heavy atom. The molecule has 0 unspecified atom stereocenters. The van der Waals surface area contributed by atoms with Crippen LogP contribution in [0.2, 0.25) is 0 Å². The minimum absolute atomic E-state index is 0.164. The maximum atomic E-state index is 12.8. The molecule has 2 N–H and O–H groups in total. The lowest BCUT2D eigenvalue weighted by molar-refractivity contribution is 0.0945. The van der Waals surface area contributed by atoms with Crippen LogP contribution in [0.4, 0.5) is 26.3 Å². The first-order valence-electron chi connectivity index (χ1n) is 11.2. The van der Waals surface area contributed by atoms with Crippen LogP contribution in [0, 0.1) is 0 Å². The minimum atomic E-state index is -2.57. The SMILES string of the molecule is O=C(NCCCCCCCNC(=O)c1ccc(OC(F)=C(F)F)cc1)c1ccc(OC(F)=C(F)F)cc1. The van der Waals surface area contributed by atoms with Gasteiger partial charge in [-0.25, -0.2) is 0 Å². The van der Waals surface area contributed by atoms with Gasteiger partial charge >= 0.3 is 24.2 Å². The van der Waals surface area contributed by atoms with E-state index in [2.05, 4.69) is 20.1 Å². The monoisotopic (exact) mass is 530 g/mol. The molecule has 2 amide bonds. The molecular weight excluding hydrogens is 506 g/mol. The van der Waals surface area contributed by atoms with Crippen molar-refractivity contribution in [3.63, 3.8) is 0 Å². The number of unbranched alkanes of at least 4 members (excludes halogenated alkanes) is 4. The molecule has 0 aliphatic heterocycles. The second-order valence-corrected chi connectivity index (χ2v) is 7.60. The van der Waals surface area contributed by atoms with Crippen molar-refractivity contribution < 1.29 is 45.4 Å². The lowest BCUT2D eigenvalue weighted by Crippen LogP contribution is -2.24. The number of hydrogen-bond acceptors (Lipinski definition) is 4. The Hall–Kier alpha value is -3.96. The molecule has 0 aliphatic carbocycles. The quantitative estimate of drug-likeness (QED) is 0.163. The van der Waals surface area contributed by atoms with Crippen LogP contribution in [-0.4, -0.2) is 24.9 Å². The van der Waals surface area contributed by atoms with Gasteiger partial charge in [-0.2, -0.15) is 26.3 Å². The standard InChI is InChI=1S/C25H24F6N2O4/c26-20(27)22(30)36-18-10-6-16(7-11-18)24(34)32-14-4-2-1-3-5-15-33-25(35)17-8-12-19(13-9-17)37-23(31)21(28)29/h6-13H,1-5,14-15H2,(H,32,34)(H,33,35). The minimum Gasteiger partial charge on any atom is -0.428 e. The van der Waals surface area contributed by atoms with E-state index in [9.17, 15) is 35.9 Å². The normalized spacial score (nSPS) is 10.3. The Balaban J connectivity index is 1.55. The van der Waals surface area contributed by atoms with Gasteiger partial charge in [0.05, 0.1) is 0 Å². The van der Waals surface area contributed by atoms with Gasteiger partial charge in [-0.3, -0.25) is 9.59 Å². The summed E-state index contributed by atoms with van der Waals surface area (Å²) in [7, 11) is 0. The van der Waals surface area contributed by atoms with Crippen molar-refractivity contribution in [1.82, 2.24) is 10.6 Å². The summed E-state index contributed by atoms with van der Waals surface area (Å²) in [6, 6.07) is 6.14. The van der Waals surface area contributed by atoms with E-state index in [4.69, 9.17) is 0 Å². The summed E-state index contributed by atoms with van der Waals surface area (Å²) < 4.78 is 82.2. The zero-order chi connectivity index (χ0) is 27.2. The van der Waals surface area contributed by atoms with Crippen LogP contribution in [0.5, 0.6) is 11.5 Å². The number of benzene rings is 2. The van der Waals surface area contributed by atoms with Gasteiger partial charge in [-0.15, -0.1) is 0 Å². The fourth-order valence-corrected chi connectivity index (χ4v) is 3.02. The first-order chi connectivity index (χ1) is 17.7. The van der Waals surface area contributed by atoms with Crippen LogP contribution in [0.3, 0.4) is 0 Å². The number of carbonyl (C=O) groups excluding carboxylic acids is 2. The van der Waals surface area contributed by atoms with Gasteiger partial charge in [0.2, 0.25) is 0 Å². The first-order valence-corrected chi connectivity index (χ1v) is 11.2. The molecule has 0 fully saturated rings. The molecule has 2 rings (SSSR count). The summed E-state index contributed by atoms with van der Waals surface area (Å²) in [4.78, 5) is 24.2. The highest BCUT2D eigenvalue weighted by Crippen LogP contribution is 2.20. The summed E-state index contributed by atoms with van der Waals surface area (Å²) in [6.45, 7) is 0.852. The highest BCUT2D eigenvalue weighted by atomic mass is 19.3. The van der Waals surface area contributed by atoms with Crippen molar-refractivity contribution in [2.75, 3.05) is 13.1 Å². The zero-order valence-corrected chi connectivity index (χ0v) is 19.5. The van der Waals surface area contributed by atoms with Crippen LogP contribution in [0.15, 0.2) is 72.7 Å². The average molecular weight is 530 g/mol. The highest BCUT2D eigenvalue weighted by molar-refractivity contribution is 5.94. The number of hydrogen-bond donors (Lipinski definition) is 2. The summed E-state index contributed by atoms with van der Waals surface area (Å²) >= 11 is 0. The van der Waals surface area contributed by atoms with Crippen molar-refractivity contribution in [2.24, 2.45) is 0 Å². The number of nitrogens with one attached hydrogen (secondary N) is 2. The highest BCUT2D eigenvalue weighted by Gasteiger charge is 2.11. The molecule has 6 nitrogen and oxygen atoms in total. The van der Waals surface area contributed by atoms with E-state index in [-0.39, 0.29) is 34.4 Å². The number of halogens is 6. The Morgan fingerprint density at radius 2 is 0.865 bits per heavy atom. The van der Waals surface area contributed by atoms with E-state index < -0.39 is 24.2 Å². The number of amides is 2. The van der Waals surface area contributed by atoms with Crippen molar-refractivity contribution in [2.45, 2.75) is 32.1 Å². The average Bonchev–Trinajstić information content (AvgIpc) is 2.88. The molecule has 0 saturated carbocycles. The van der Waals surface area contributed by atoms with Crippen LogP contribution < -0.4 is 20.1 Å². The molecule has 0 atom stereocenters. The summed E-state index contributed by atoms with van der Waals surface area (Å²) in [6.07, 6.45) is -1.15. The van der Waals surface area contributed by atoms with Crippen LogP contribution in [0.1, 0.15) is 52.8 Å². The first kappa shape index (κ1) is 29.3. The van der Waals surface area contributed by atoms with Crippen molar-refractivity contribution in [1.29, 1.82) is 0 Å². The Morgan fingerprint density at radius 3 is 1.19 bits per heavy atom. The van der Waals surface area contributed by atoms with Crippen LogP contribution in [-0.2, 0) is 0 Å². The third kappa shape index (κ3) is 10.7. The molecule has 37 heavy (non-hydrogen) atoms. The fraction of sp³-hybridized carbons (Fsp3) is 0.280. The van der Waals surface area contributed by atoms with Gasteiger partial charge in [-0.1, -0.05) is 19.3 Å². The lowest BCUT2D eigenvalue weighted by atomic mass is 10.1. The van der Waals surface area contributed by atoms with E-state index in [1.807, 2.05) is 0 Å². The molecule has 0 saturated heterocycles. The maximum Gasteiger partial charge on any atom is 0.344 e. The molecule has 200 valence electrons. The predicted molar refractivity (Wildman–Crippen MR) is 123 cm³/mol. The maximum absolute atomic E-state index is 12.8. The second kappa shape index (κ2) is 15.2. The molecule has 0 aromatic heterocycles. The van der Waals surface area contributed by atoms with Gasteiger partial charge in [0.15, 0.2) is 0 Å². The second-order valence-electron chi connectivity index (χ2n) is 7.60. The summed E-state index contributed by atoms with van der Waals surface area (Å²) in [5.74, 6) is -1.05. The molecule has 2 aromatic rings. The van der Waals surface area contributed by atoms with Crippen molar-refractivity contribution >= 4 is 11.8 Å². The molecule has 0 bridgehead atoms. The third-order valence-corrected chi connectivity index (χ3v) is 4.87. The van der Waals surface area contributed by atoms with Gasteiger partial charge in [0.25, 0.3) is 11.8 Å². The van der Waals surface area contributed by atoms with E-state index >= 15 is 0 Å². The fourth-order valence-electron chi connectivity index (χ4n) is 3.02.